The third-order valence-corrected chi connectivity index (χ3v) is 4.84. The quantitative estimate of drug-likeness (QED) is 0.595. The Balaban J connectivity index is 1.73. The lowest BCUT2D eigenvalue weighted by molar-refractivity contribution is -0.147. The Hall–Kier alpha value is -4.29. The molecule has 158 valence electrons. The van der Waals surface area contributed by atoms with E-state index in [-0.39, 0.29) is 11.4 Å². The molecule has 1 aromatic carbocycles. The minimum atomic E-state index is -0.786. The molecule has 3 amide bonds. The molecule has 10 heteroatoms. The second kappa shape index (κ2) is 8.83. The molecule has 1 aliphatic rings. The third-order valence-electron chi connectivity index (χ3n) is 4.59. The zero-order valence-corrected chi connectivity index (χ0v) is 17.2. The lowest BCUT2D eigenvalue weighted by atomic mass is 10.00. The first-order chi connectivity index (χ1) is 15.5. The van der Waals surface area contributed by atoms with Gasteiger partial charge in [-0.15, -0.1) is 0 Å². The number of ether oxygens (including phenoxy) is 1. The van der Waals surface area contributed by atoms with Crippen LogP contribution >= 0.6 is 11.6 Å². The van der Waals surface area contributed by atoms with Crippen molar-refractivity contribution < 1.29 is 19.1 Å². The molecule has 0 unspecified atom stereocenters. The van der Waals surface area contributed by atoms with E-state index >= 15 is 0 Å². The number of hydrazine groups is 1. The zero-order chi connectivity index (χ0) is 22.7. The minimum absolute atomic E-state index is 0.0925. The number of halogens is 1. The number of aromatic nitrogens is 2. The second-order valence-corrected chi connectivity index (χ2v) is 7.16. The highest BCUT2D eigenvalue weighted by Crippen LogP contribution is 2.33. The predicted octanol–water partition coefficient (Wildman–Crippen LogP) is 2.50. The van der Waals surface area contributed by atoms with Gasteiger partial charge in [0.2, 0.25) is 11.8 Å². The molecule has 0 saturated carbocycles. The number of hydrogen-bond acceptors (Lipinski definition) is 7. The van der Waals surface area contributed by atoms with Gasteiger partial charge in [0.1, 0.15) is 18.1 Å². The topological polar surface area (TPSA) is 125 Å². The number of amides is 3. The minimum Gasteiger partial charge on any atom is -0.466 e. The van der Waals surface area contributed by atoms with Gasteiger partial charge in [-0.1, -0.05) is 29.8 Å². The molecular weight excluding hydrogens is 434 g/mol. The summed E-state index contributed by atoms with van der Waals surface area (Å²) in [6, 6.07) is 14.2. The second-order valence-electron chi connectivity index (χ2n) is 6.72. The summed E-state index contributed by atoms with van der Waals surface area (Å²) < 4.78 is 5.56. The van der Waals surface area contributed by atoms with Gasteiger partial charge in [-0.05, 0) is 24.3 Å². The fraction of sp³-hybridized carbons (Fsp3) is 0.0909. The van der Waals surface area contributed by atoms with E-state index in [1.54, 1.807) is 54.9 Å². The summed E-state index contributed by atoms with van der Waals surface area (Å²) in [5, 5.41) is 10.9. The van der Waals surface area contributed by atoms with Crippen molar-refractivity contribution in [1.82, 2.24) is 20.4 Å². The maximum atomic E-state index is 12.4. The number of carbonyl (C=O) groups excluding carboxylic acids is 3. The molecule has 2 aromatic heterocycles. The van der Waals surface area contributed by atoms with Crippen LogP contribution in [0.15, 0.2) is 54.9 Å². The van der Waals surface area contributed by atoms with Crippen LogP contribution in [0.2, 0.25) is 5.02 Å². The van der Waals surface area contributed by atoms with Crippen LogP contribution in [-0.2, 0) is 14.4 Å². The lowest BCUT2D eigenvalue weighted by Crippen LogP contribution is -2.43. The predicted molar refractivity (Wildman–Crippen MR) is 113 cm³/mol. The van der Waals surface area contributed by atoms with Crippen molar-refractivity contribution >= 4 is 29.3 Å². The van der Waals surface area contributed by atoms with Gasteiger partial charge in [-0.25, -0.2) is 4.98 Å². The van der Waals surface area contributed by atoms with E-state index in [1.807, 2.05) is 0 Å². The number of pyridine rings is 2. The molecule has 32 heavy (non-hydrogen) atoms. The van der Waals surface area contributed by atoms with Gasteiger partial charge in [0, 0.05) is 34.1 Å². The maximum Gasteiger partial charge on any atom is 0.286 e. The number of imide groups is 1. The van der Waals surface area contributed by atoms with Gasteiger partial charge < -0.3 is 4.74 Å². The fourth-order valence-corrected chi connectivity index (χ4v) is 3.22. The highest BCUT2D eigenvalue weighted by Gasteiger charge is 2.32. The molecule has 1 saturated heterocycles. The smallest absolute Gasteiger partial charge is 0.286 e. The summed E-state index contributed by atoms with van der Waals surface area (Å²) in [5.74, 6) is -2.14. The van der Waals surface area contributed by atoms with Crippen molar-refractivity contribution in [3.63, 3.8) is 0 Å². The van der Waals surface area contributed by atoms with Crippen LogP contribution in [-0.4, -0.2) is 39.3 Å². The average Bonchev–Trinajstić information content (AvgIpc) is 3.15. The Morgan fingerprint density at radius 3 is 2.62 bits per heavy atom. The Morgan fingerprint density at radius 2 is 2.00 bits per heavy atom. The molecule has 4 rings (SSSR count). The van der Waals surface area contributed by atoms with Crippen LogP contribution in [0.1, 0.15) is 12.0 Å². The first kappa shape index (κ1) is 21.0. The van der Waals surface area contributed by atoms with Crippen LogP contribution in [0.25, 0.3) is 22.4 Å². The number of hydrogen-bond donors (Lipinski definition) is 1. The van der Waals surface area contributed by atoms with Gasteiger partial charge in [0.25, 0.3) is 11.8 Å². The van der Waals surface area contributed by atoms with Gasteiger partial charge >= 0.3 is 0 Å². The van der Waals surface area contributed by atoms with Crippen LogP contribution < -0.4 is 10.2 Å². The normalized spacial score (nSPS) is 12.9. The number of carbonyl (C=O) groups is 3. The Labute approximate surface area is 187 Å². The van der Waals surface area contributed by atoms with Crippen LogP contribution in [0.5, 0.6) is 5.88 Å². The Morgan fingerprint density at radius 1 is 1.22 bits per heavy atom. The van der Waals surface area contributed by atoms with Gasteiger partial charge in [-0.3, -0.25) is 24.8 Å². The SMILES string of the molecule is N#Cc1c(-c2cccnc2)cc(-c2ccc(Cl)cc2)nc1OCC(=O)N1NC(=O)CC1=O. The highest BCUT2D eigenvalue weighted by atomic mass is 35.5. The van der Waals surface area contributed by atoms with Crippen LogP contribution in [0.4, 0.5) is 0 Å². The summed E-state index contributed by atoms with van der Waals surface area (Å²) in [5.41, 5.74) is 4.60. The van der Waals surface area contributed by atoms with E-state index in [0.717, 1.165) is 0 Å². The van der Waals surface area contributed by atoms with E-state index in [1.165, 1.54) is 0 Å². The van der Waals surface area contributed by atoms with E-state index < -0.39 is 30.7 Å². The molecule has 0 aliphatic carbocycles. The number of rotatable bonds is 5. The third kappa shape index (κ3) is 4.26. The van der Waals surface area contributed by atoms with Gasteiger partial charge in [0.15, 0.2) is 6.61 Å². The largest absolute Gasteiger partial charge is 0.466 e. The molecule has 9 nitrogen and oxygen atoms in total. The van der Waals surface area contributed by atoms with Crippen molar-refractivity contribution in [3.05, 3.63) is 65.4 Å². The van der Waals surface area contributed by atoms with Gasteiger partial charge in [-0.2, -0.15) is 10.3 Å². The van der Waals surface area contributed by atoms with E-state index in [0.29, 0.717) is 32.4 Å². The molecule has 0 radical (unpaired) electrons. The zero-order valence-electron chi connectivity index (χ0n) is 16.4. The first-order valence-electron chi connectivity index (χ1n) is 9.36. The number of nitrogens with one attached hydrogen (secondary N) is 1. The molecule has 0 spiro atoms. The number of benzene rings is 1. The molecule has 1 N–H and O–H groups in total. The Bertz CT molecular complexity index is 1260. The van der Waals surface area contributed by atoms with Crippen LogP contribution in [0, 0.1) is 11.3 Å². The monoisotopic (exact) mass is 447 g/mol. The summed E-state index contributed by atoms with van der Waals surface area (Å²) in [7, 11) is 0. The highest BCUT2D eigenvalue weighted by molar-refractivity contribution is 6.30. The summed E-state index contributed by atoms with van der Waals surface area (Å²) in [4.78, 5) is 43.9. The Kier molecular flexibility index (Phi) is 5.79. The van der Waals surface area contributed by atoms with Crippen molar-refractivity contribution in [2.75, 3.05) is 6.61 Å². The molecule has 1 fully saturated rings. The van der Waals surface area contributed by atoms with Crippen molar-refractivity contribution in [1.29, 1.82) is 5.26 Å². The summed E-state index contributed by atoms with van der Waals surface area (Å²) in [6.07, 6.45) is 2.79. The fourth-order valence-electron chi connectivity index (χ4n) is 3.09. The molecule has 3 heterocycles. The number of nitrogens with zero attached hydrogens (tertiary/aromatic N) is 4. The van der Waals surface area contributed by atoms with E-state index in [2.05, 4.69) is 21.5 Å². The van der Waals surface area contributed by atoms with Crippen molar-refractivity contribution in [2.45, 2.75) is 6.42 Å². The van der Waals surface area contributed by atoms with Crippen molar-refractivity contribution in [2.24, 2.45) is 0 Å². The van der Waals surface area contributed by atoms with Crippen LogP contribution in [0.3, 0.4) is 0 Å². The van der Waals surface area contributed by atoms with E-state index in [4.69, 9.17) is 16.3 Å². The standard InChI is InChI=1S/C22H14ClN5O4/c23-15-5-3-13(4-6-15)18-8-16(14-2-1-7-25-11-14)17(10-24)22(26-18)32-12-21(31)28-20(30)9-19(29)27-28/h1-8,11H,9,12H2,(H,27,29). The molecule has 1 aliphatic heterocycles. The average molecular weight is 448 g/mol. The summed E-state index contributed by atoms with van der Waals surface area (Å²) in [6.45, 7) is -0.607. The number of nitriles is 1. The molecule has 0 atom stereocenters. The maximum absolute atomic E-state index is 12.4. The summed E-state index contributed by atoms with van der Waals surface area (Å²) >= 11 is 5.98. The molecule has 3 aromatic rings. The van der Waals surface area contributed by atoms with Crippen molar-refractivity contribution in [3.8, 4) is 34.3 Å². The lowest BCUT2D eigenvalue weighted by Gasteiger charge is -2.16. The molecular formula is C22H14ClN5O4. The van der Waals surface area contributed by atoms with Gasteiger partial charge in [0.05, 0.1) is 5.69 Å². The van der Waals surface area contributed by atoms with E-state index in [9.17, 15) is 19.6 Å². The first-order valence-corrected chi connectivity index (χ1v) is 9.73. The molecule has 0 bridgehead atoms.